The Balaban J connectivity index is 1.92. The Morgan fingerprint density at radius 3 is 2.56 bits per heavy atom. The smallest absolute Gasteiger partial charge is 0.243 e. The maximum Gasteiger partial charge on any atom is 0.243 e. The molecule has 1 saturated carbocycles. The maximum atomic E-state index is 11.8. The van der Waals surface area contributed by atoms with E-state index in [4.69, 9.17) is 4.42 Å². The molecule has 0 bridgehead atoms. The van der Waals surface area contributed by atoms with E-state index in [1.165, 1.54) is 32.1 Å². The van der Waals surface area contributed by atoms with Crippen LogP contribution in [0.4, 0.5) is 0 Å². The van der Waals surface area contributed by atoms with Crippen LogP contribution in [-0.4, -0.2) is 48.9 Å². The van der Waals surface area contributed by atoms with Gasteiger partial charge in [0.05, 0.1) is 12.2 Å². The molecular formula is C18H31N5O2. The summed E-state index contributed by atoms with van der Waals surface area (Å²) >= 11 is 0. The second kappa shape index (κ2) is 9.44. The van der Waals surface area contributed by atoms with Gasteiger partial charge in [-0.3, -0.25) is 4.79 Å². The van der Waals surface area contributed by atoms with Crippen LogP contribution in [0, 0.1) is 19.8 Å². The second-order valence-corrected chi connectivity index (χ2v) is 6.94. The van der Waals surface area contributed by atoms with Crippen LogP contribution in [0.15, 0.2) is 9.41 Å². The lowest BCUT2D eigenvalue weighted by molar-refractivity contribution is -0.127. The Hall–Kier alpha value is -2.05. The van der Waals surface area contributed by atoms with E-state index < -0.39 is 0 Å². The summed E-state index contributed by atoms with van der Waals surface area (Å²) < 4.78 is 5.59. The first-order valence-corrected chi connectivity index (χ1v) is 9.11. The molecule has 2 rings (SSSR count). The van der Waals surface area contributed by atoms with Gasteiger partial charge in [-0.25, -0.2) is 9.98 Å². The Morgan fingerprint density at radius 2 is 1.96 bits per heavy atom. The monoisotopic (exact) mass is 349 g/mol. The number of hydrogen-bond acceptors (Lipinski definition) is 4. The van der Waals surface area contributed by atoms with E-state index in [9.17, 15) is 4.79 Å². The van der Waals surface area contributed by atoms with Gasteiger partial charge in [-0.1, -0.05) is 19.3 Å². The quantitative estimate of drug-likeness (QED) is 0.606. The number of carbonyl (C=O) groups excluding carboxylic acids is 1. The number of amides is 1. The van der Waals surface area contributed by atoms with Crippen molar-refractivity contribution >= 4 is 11.9 Å². The molecule has 1 aliphatic rings. The van der Waals surface area contributed by atoms with Crippen LogP contribution in [0.1, 0.15) is 49.4 Å². The van der Waals surface area contributed by atoms with Crippen LogP contribution in [0.3, 0.4) is 0 Å². The largest absolute Gasteiger partial charge is 0.444 e. The van der Waals surface area contributed by atoms with Crippen molar-refractivity contribution in [1.82, 2.24) is 20.5 Å². The number of nitrogens with zero attached hydrogens (tertiary/aromatic N) is 3. The van der Waals surface area contributed by atoms with Crippen LogP contribution in [0.2, 0.25) is 0 Å². The summed E-state index contributed by atoms with van der Waals surface area (Å²) in [6.07, 6.45) is 6.47. The number of oxazole rings is 1. The van der Waals surface area contributed by atoms with Gasteiger partial charge in [-0.2, -0.15) is 0 Å². The average molecular weight is 349 g/mol. The van der Waals surface area contributed by atoms with Crippen molar-refractivity contribution in [3.63, 3.8) is 0 Å². The molecule has 0 aromatic carbocycles. The number of aliphatic imine (C=N–C) groups is 1. The fourth-order valence-corrected chi connectivity index (χ4v) is 2.87. The van der Waals surface area contributed by atoms with Crippen molar-refractivity contribution in [2.45, 2.75) is 52.5 Å². The molecule has 0 unspecified atom stereocenters. The Morgan fingerprint density at radius 1 is 1.24 bits per heavy atom. The van der Waals surface area contributed by atoms with Crippen molar-refractivity contribution in [3.8, 4) is 0 Å². The van der Waals surface area contributed by atoms with Crippen molar-refractivity contribution < 1.29 is 9.21 Å². The molecule has 0 spiro atoms. The minimum atomic E-state index is -0.0263. The molecule has 0 saturated heterocycles. The first kappa shape index (κ1) is 19.3. The summed E-state index contributed by atoms with van der Waals surface area (Å²) in [5.74, 6) is 2.74. The molecule has 1 aliphatic carbocycles. The van der Waals surface area contributed by atoms with E-state index in [1.807, 2.05) is 13.8 Å². The van der Waals surface area contributed by atoms with Gasteiger partial charge in [0.25, 0.3) is 0 Å². The third-order valence-corrected chi connectivity index (χ3v) is 4.63. The molecule has 25 heavy (non-hydrogen) atoms. The van der Waals surface area contributed by atoms with Gasteiger partial charge in [0.2, 0.25) is 11.8 Å². The van der Waals surface area contributed by atoms with Crippen LogP contribution in [0.25, 0.3) is 0 Å². The number of carbonyl (C=O) groups is 1. The highest BCUT2D eigenvalue weighted by molar-refractivity contribution is 5.84. The van der Waals surface area contributed by atoms with Crippen molar-refractivity contribution in [2.24, 2.45) is 10.9 Å². The molecule has 1 fully saturated rings. The molecule has 1 aromatic rings. The Bertz CT molecular complexity index is 569. The molecule has 0 radical (unpaired) electrons. The number of aryl methyl sites for hydroxylation is 2. The molecule has 0 atom stereocenters. The van der Waals surface area contributed by atoms with Gasteiger partial charge in [0.1, 0.15) is 12.3 Å². The molecule has 7 heteroatoms. The lowest BCUT2D eigenvalue weighted by atomic mass is 9.89. The topological polar surface area (TPSA) is 82.8 Å². The summed E-state index contributed by atoms with van der Waals surface area (Å²) in [5.41, 5.74) is 0.897. The Kier molecular flexibility index (Phi) is 7.28. The van der Waals surface area contributed by atoms with Gasteiger partial charge in [0.15, 0.2) is 5.96 Å². The zero-order chi connectivity index (χ0) is 18.2. The standard InChI is InChI=1S/C18H31N5O2/c1-13-14(2)25-16(22-13)11-20-18(21-12-17(24)23(3)4)19-10-15-8-6-5-7-9-15/h15H,5-12H2,1-4H3,(H2,19,20,21). The van der Waals surface area contributed by atoms with Crippen LogP contribution in [-0.2, 0) is 11.3 Å². The molecule has 1 heterocycles. The van der Waals surface area contributed by atoms with Crippen LogP contribution >= 0.6 is 0 Å². The molecule has 1 aromatic heterocycles. The van der Waals surface area contributed by atoms with Crippen LogP contribution < -0.4 is 10.6 Å². The lowest BCUT2D eigenvalue weighted by Gasteiger charge is -2.23. The molecule has 7 nitrogen and oxygen atoms in total. The summed E-state index contributed by atoms with van der Waals surface area (Å²) in [5, 5.41) is 6.60. The van der Waals surface area contributed by atoms with E-state index in [0.29, 0.717) is 24.3 Å². The molecule has 2 N–H and O–H groups in total. The average Bonchev–Trinajstić information content (AvgIpc) is 2.92. The van der Waals surface area contributed by atoms with E-state index in [1.54, 1.807) is 19.0 Å². The summed E-state index contributed by atoms with van der Waals surface area (Å²) in [6, 6.07) is 0. The predicted molar refractivity (Wildman–Crippen MR) is 98.4 cm³/mol. The first-order chi connectivity index (χ1) is 12.0. The minimum Gasteiger partial charge on any atom is -0.444 e. The van der Waals surface area contributed by atoms with E-state index in [0.717, 1.165) is 18.0 Å². The van der Waals surface area contributed by atoms with E-state index >= 15 is 0 Å². The van der Waals surface area contributed by atoms with Gasteiger partial charge in [0, 0.05) is 20.6 Å². The third-order valence-electron chi connectivity index (χ3n) is 4.63. The van der Waals surface area contributed by atoms with Gasteiger partial charge >= 0.3 is 0 Å². The highest BCUT2D eigenvalue weighted by Crippen LogP contribution is 2.22. The predicted octanol–water partition coefficient (Wildman–Crippen LogP) is 2.00. The van der Waals surface area contributed by atoms with Crippen molar-refractivity contribution in [3.05, 3.63) is 17.3 Å². The van der Waals surface area contributed by atoms with E-state index in [-0.39, 0.29) is 12.5 Å². The third kappa shape index (κ3) is 6.40. The fourth-order valence-electron chi connectivity index (χ4n) is 2.87. The second-order valence-electron chi connectivity index (χ2n) is 6.94. The molecule has 0 aliphatic heterocycles. The molecule has 1 amide bonds. The highest BCUT2D eigenvalue weighted by Gasteiger charge is 2.14. The number of hydrogen-bond donors (Lipinski definition) is 2. The molecular weight excluding hydrogens is 318 g/mol. The summed E-state index contributed by atoms with van der Waals surface area (Å²) in [7, 11) is 3.47. The van der Waals surface area contributed by atoms with Gasteiger partial charge < -0.3 is 20.0 Å². The summed E-state index contributed by atoms with van der Waals surface area (Å²) in [6.45, 7) is 5.27. The first-order valence-electron chi connectivity index (χ1n) is 9.11. The molecule has 140 valence electrons. The van der Waals surface area contributed by atoms with Crippen molar-refractivity contribution in [1.29, 1.82) is 0 Å². The number of likely N-dealkylation sites (N-methyl/N-ethyl adjacent to an activating group) is 1. The number of guanidine groups is 1. The van der Waals surface area contributed by atoms with Gasteiger partial charge in [-0.15, -0.1) is 0 Å². The van der Waals surface area contributed by atoms with Gasteiger partial charge in [-0.05, 0) is 32.6 Å². The SMILES string of the molecule is Cc1nc(CNC(=NCC(=O)N(C)C)NCC2CCCCC2)oc1C. The lowest BCUT2D eigenvalue weighted by Crippen LogP contribution is -2.40. The fraction of sp³-hybridized carbons (Fsp3) is 0.722. The van der Waals surface area contributed by atoms with Crippen molar-refractivity contribution in [2.75, 3.05) is 27.2 Å². The number of aromatic nitrogens is 1. The van der Waals surface area contributed by atoms with E-state index in [2.05, 4.69) is 20.6 Å². The number of rotatable bonds is 6. The summed E-state index contributed by atoms with van der Waals surface area (Å²) in [4.78, 5) is 22.1. The zero-order valence-corrected chi connectivity index (χ0v) is 15.9. The highest BCUT2D eigenvalue weighted by atomic mass is 16.4. The van der Waals surface area contributed by atoms with Crippen LogP contribution in [0.5, 0.6) is 0 Å². The number of nitrogens with one attached hydrogen (secondary N) is 2. The zero-order valence-electron chi connectivity index (χ0n) is 15.9. The minimum absolute atomic E-state index is 0.0263. The normalized spacial score (nSPS) is 15.9. The maximum absolute atomic E-state index is 11.8. The Labute approximate surface area is 150 Å².